The second-order valence-electron chi connectivity index (χ2n) is 7.16. The predicted molar refractivity (Wildman–Crippen MR) is 118 cm³/mol. The van der Waals surface area contributed by atoms with Gasteiger partial charge in [-0.2, -0.15) is 0 Å². The first-order valence-electron chi connectivity index (χ1n) is 10.1. The molecule has 30 heavy (non-hydrogen) atoms. The fourth-order valence-corrected chi connectivity index (χ4v) is 3.72. The molecule has 0 saturated carbocycles. The number of carbonyl (C=O) groups excluding carboxylic acids is 1. The number of benzene rings is 2. The second kappa shape index (κ2) is 8.45. The minimum absolute atomic E-state index is 0.156. The van der Waals surface area contributed by atoms with Crippen LogP contribution in [0.3, 0.4) is 0 Å². The highest BCUT2D eigenvalue weighted by molar-refractivity contribution is 5.94. The molecule has 2 aromatic carbocycles. The predicted octanol–water partition coefficient (Wildman–Crippen LogP) is 4.84. The summed E-state index contributed by atoms with van der Waals surface area (Å²) in [7, 11) is 0. The number of nitrogens with one attached hydrogen (secondary N) is 1. The van der Waals surface area contributed by atoms with Gasteiger partial charge in [-0.1, -0.05) is 43.8 Å². The van der Waals surface area contributed by atoms with Crippen LogP contribution >= 0.6 is 0 Å². The number of hydrogen-bond acceptors (Lipinski definition) is 5. The maximum absolute atomic E-state index is 13.0. The lowest BCUT2D eigenvalue weighted by Crippen LogP contribution is -2.29. The first kappa shape index (κ1) is 19.8. The number of anilines is 1. The summed E-state index contributed by atoms with van der Waals surface area (Å²) >= 11 is 0. The van der Waals surface area contributed by atoms with Crippen molar-refractivity contribution in [1.29, 1.82) is 0 Å². The molecule has 2 heterocycles. The van der Waals surface area contributed by atoms with Gasteiger partial charge in [0.1, 0.15) is 12.4 Å². The van der Waals surface area contributed by atoms with Crippen LogP contribution in [0.25, 0.3) is 11.0 Å². The molecule has 1 N–H and O–H groups in total. The van der Waals surface area contributed by atoms with Crippen LogP contribution in [0.5, 0.6) is 5.75 Å². The van der Waals surface area contributed by atoms with Crippen molar-refractivity contribution in [2.75, 3.05) is 18.5 Å². The topological polar surface area (TPSA) is 65.4 Å². The summed E-state index contributed by atoms with van der Waals surface area (Å²) in [6, 6.07) is 15.4. The van der Waals surface area contributed by atoms with Gasteiger partial charge in [0.15, 0.2) is 0 Å². The Bertz CT molecular complexity index is 1110. The van der Waals surface area contributed by atoms with Gasteiger partial charge < -0.3 is 14.8 Å². The fraction of sp³-hybridized carbons (Fsp3) is 0.250. The van der Waals surface area contributed by atoms with Crippen molar-refractivity contribution in [2.24, 2.45) is 0 Å². The van der Waals surface area contributed by atoms with E-state index in [4.69, 9.17) is 14.5 Å². The third kappa shape index (κ3) is 3.56. The molecule has 6 nitrogen and oxygen atoms in total. The Morgan fingerprint density at radius 2 is 2.00 bits per heavy atom. The van der Waals surface area contributed by atoms with Crippen LogP contribution in [0, 0.1) is 0 Å². The molecule has 4 rings (SSSR count). The van der Waals surface area contributed by atoms with E-state index in [1.165, 1.54) is 0 Å². The standard InChI is InChI=1S/C24H25N3O3/c1-4-14-29-18-12-10-17(11-13-18)22-21(23(28)30-15-5-2)16(3)25-24-26-19-8-6-7-9-20(19)27(22)24/h5-13,22H,2,4,14-15H2,1,3H3,(H,25,26)/t22-/m1/s1. The van der Waals surface area contributed by atoms with Gasteiger partial charge in [-0.15, -0.1) is 0 Å². The third-order valence-electron chi connectivity index (χ3n) is 5.05. The van der Waals surface area contributed by atoms with Crippen LogP contribution in [0.1, 0.15) is 31.9 Å². The number of esters is 1. The van der Waals surface area contributed by atoms with E-state index < -0.39 is 0 Å². The highest BCUT2D eigenvalue weighted by Crippen LogP contribution is 2.39. The highest BCUT2D eigenvalue weighted by atomic mass is 16.5. The molecule has 0 saturated heterocycles. The van der Waals surface area contributed by atoms with E-state index in [-0.39, 0.29) is 18.6 Å². The summed E-state index contributed by atoms with van der Waals surface area (Å²) in [5, 5.41) is 3.28. The van der Waals surface area contributed by atoms with Crippen molar-refractivity contribution < 1.29 is 14.3 Å². The molecular formula is C24H25N3O3. The number of hydrogen-bond donors (Lipinski definition) is 1. The van der Waals surface area contributed by atoms with Crippen molar-refractivity contribution in [1.82, 2.24) is 9.55 Å². The number of fused-ring (bicyclic) bond motifs is 3. The number of para-hydroxylation sites is 2. The van der Waals surface area contributed by atoms with E-state index >= 15 is 0 Å². The van der Waals surface area contributed by atoms with E-state index in [0.717, 1.165) is 34.5 Å². The van der Waals surface area contributed by atoms with Crippen LogP contribution in [0.2, 0.25) is 0 Å². The van der Waals surface area contributed by atoms with Gasteiger partial charge in [-0.25, -0.2) is 9.78 Å². The number of ether oxygens (including phenoxy) is 2. The molecule has 0 fully saturated rings. The second-order valence-corrected chi connectivity index (χ2v) is 7.16. The van der Waals surface area contributed by atoms with Gasteiger partial charge in [0, 0.05) is 5.70 Å². The van der Waals surface area contributed by atoms with E-state index in [0.29, 0.717) is 18.1 Å². The molecule has 6 heteroatoms. The van der Waals surface area contributed by atoms with Crippen molar-refractivity contribution in [3.05, 3.63) is 78.0 Å². The van der Waals surface area contributed by atoms with Crippen LogP contribution in [0.4, 0.5) is 5.95 Å². The van der Waals surface area contributed by atoms with Crippen LogP contribution in [-0.2, 0) is 9.53 Å². The average molecular weight is 403 g/mol. The van der Waals surface area contributed by atoms with Crippen LogP contribution in [-0.4, -0.2) is 28.7 Å². The Labute approximate surface area is 175 Å². The van der Waals surface area contributed by atoms with E-state index in [1.54, 1.807) is 6.08 Å². The number of allylic oxidation sites excluding steroid dienone is 1. The van der Waals surface area contributed by atoms with Crippen molar-refractivity contribution in [3.8, 4) is 5.75 Å². The molecule has 154 valence electrons. The van der Waals surface area contributed by atoms with Gasteiger partial charge in [-0.05, 0) is 43.2 Å². The molecule has 0 bridgehead atoms. The molecular weight excluding hydrogens is 378 g/mol. The number of rotatable bonds is 7. The monoisotopic (exact) mass is 403 g/mol. The molecule has 1 aliphatic rings. The number of aromatic nitrogens is 2. The zero-order valence-electron chi connectivity index (χ0n) is 17.2. The van der Waals surface area contributed by atoms with E-state index in [2.05, 4.69) is 23.4 Å². The molecule has 1 aliphatic heterocycles. The van der Waals surface area contributed by atoms with Crippen molar-refractivity contribution in [3.63, 3.8) is 0 Å². The fourth-order valence-electron chi connectivity index (χ4n) is 3.72. The lowest BCUT2D eigenvalue weighted by atomic mass is 9.95. The zero-order chi connectivity index (χ0) is 21.1. The summed E-state index contributed by atoms with van der Waals surface area (Å²) in [4.78, 5) is 17.7. The van der Waals surface area contributed by atoms with Crippen LogP contribution in [0.15, 0.2) is 72.5 Å². The van der Waals surface area contributed by atoms with Gasteiger partial charge in [0.25, 0.3) is 0 Å². The summed E-state index contributed by atoms with van der Waals surface area (Å²) < 4.78 is 13.2. The summed E-state index contributed by atoms with van der Waals surface area (Å²) in [6.07, 6.45) is 2.51. The Morgan fingerprint density at radius 1 is 1.23 bits per heavy atom. The summed E-state index contributed by atoms with van der Waals surface area (Å²) in [5.41, 5.74) is 4.03. The van der Waals surface area contributed by atoms with Crippen molar-refractivity contribution >= 4 is 23.0 Å². The Balaban J connectivity index is 1.84. The average Bonchev–Trinajstić information content (AvgIpc) is 3.13. The lowest BCUT2D eigenvalue weighted by molar-refractivity contribution is -0.138. The molecule has 0 radical (unpaired) electrons. The normalized spacial score (nSPS) is 15.5. The largest absolute Gasteiger partial charge is 0.494 e. The zero-order valence-corrected chi connectivity index (χ0v) is 17.2. The minimum atomic E-state index is -0.375. The maximum Gasteiger partial charge on any atom is 0.338 e. The van der Waals surface area contributed by atoms with Gasteiger partial charge in [-0.3, -0.25) is 4.57 Å². The number of carbonyl (C=O) groups is 1. The van der Waals surface area contributed by atoms with E-state index in [1.807, 2.05) is 55.5 Å². The van der Waals surface area contributed by atoms with Gasteiger partial charge in [0.2, 0.25) is 5.95 Å². The number of imidazole rings is 1. The molecule has 0 aliphatic carbocycles. The summed E-state index contributed by atoms with van der Waals surface area (Å²) in [5.74, 6) is 1.13. The van der Waals surface area contributed by atoms with Crippen molar-refractivity contribution in [2.45, 2.75) is 26.3 Å². The SMILES string of the molecule is C=CCOC(=O)C1=C(C)Nc2nc3ccccc3n2[C@@H]1c1ccc(OCCC)cc1. The molecule has 0 spiro atoms. The summed E-state index contributed by atoms with van der Waals surface area (Å²) in [6.45, 7) is 8.41. The molecule has 1 aromatic heterocycles. The first-order valence-corrected chi connectivity index (χ1v) is 10.1. The van der Waals surface area contributed by atoms with Gasteiger partial charge in [0.05, 0.1) is 29.3 Å². The highest BCUT2D eigenvalue weighted by Gasteiger charge is 2.34. The van der Waals surface area contributed by atoms with Crippen LogP contribution < -0.4 is 10.1 Å². The van der Waals surface area contributed by atoms with E-state index in [9.17, 15) is 4.79 Å². The minimum Gasteiger partial charge on any atom is -0.494 e. The molecule has 0 amide bonds. The molecule has 0 unspecified atom stereocenters. The molecule has 3 aromatic rings. The molecule has 1 atom stereocenters. The Kier molecular flexibility index (Phi) is 5.57. The maximum atomic E-state index is 13.0. The lowest BCUT2D eigenvalue weighted by Gasteiger charge is -2.30. The quantitative estimate of drug-likeness (QED) is 0.452. The third-order valence-corrected chi connectivity index (χ3v) is 5.05. The Hall–Kier alpha value is -3.54. The smallest absolute Gasteiger partial charge is 0.338 e. The Morgan fingerprint density at radius 3 is 2.73 bits per heavy atom. The first-order chi connectivity index (χ1) is 14.6. The number of nitrogens with zero attached hydrogens (tertiary/aromatic N) is 2. The van der Waals surface area contributed by atoms with Gasteiger partial charge >= 0.3 is 5.97 Å².